The fraction of sp³-hybridized carbons (Fsp3) is 0.455. The summed E-state index contributed by atoms with van der Waals surface area (Å²) in [4.78, 5) is 1.85. The highest BCUT2D eigenvalue weighted by molar-refractivity contribution is 9.10. The number of nitrogens with zero attached hydrogens (tertiary/aromatic N) is 1. The van der Waals surface area contributed by atoms with Crippen LogP contribution in [0.4, 0.5) is 10.1 Å². The van der Waals surface area contributed by atoms with Gasteiger partial charge < -0.3 is 15.7 Å². The Morgan fingerprint density at radius 2 is 2.31 bits per heavy atom. The second-order valence-corrected chi connectivity index (χ2v) is 4.76. The minimum Gasteiger partial charge on any atom is -0.391 e. The van der Waals surface area contributed by atoms with Gasteiger partial charge in [0.25, 0.3) is 0 Å². The van der Waals surface area contributed by atoms with Crippen molar-refractivity contribution in [3.05, 3.63) is 28.0 Å². The van der Waals surface area contributed by atoms with E-state index in [4.69, 9.17) is 5.73 Å². The molecule has 0 radical (unpaired) electrons. The molecule has 3 nitrogen and oxygen atoms in total. The SMILES string of the molecule is NCc1ccc(N2CCC(O)C2)c(F)c1Br. The largest absolute Gasteiger partial charge is 0.391 e. The summed E-state index contributed by atoms with van der Waals surface area (Å²) in [6.07, 6.45) is 0.336. The summed E-state index contributed by atoms with van der Waals surface area (Å²) >= 11 is 3.21. The minimum atomic E-state index is -0.354. The average molecular weight is 289 g/mol. The van der Waals surface area contributed by atoms with Crippen molar-refractivity contribution >= 4 is 21.6 Å². The van der Waals surface area contributed by atoms with E-state index in [-0.39, 0.29) is 11.9 Å². The molecule has 0 amide bonds. The first kappa shape index (κ1) is 11.8. The van der Waals surface area contributed by atoms with E-state index in [2.05, 4.69) is 15.9 Å². The molecular weight excluding hydrogens is 275 g/mol. The monoisotopic (exact) mass is 288 g/mol. The maximum Gasteiger partial charge on any atom is 0.160 e. The van der Waals surface area contributed by atoms with Gasteiger partial charge >= 0.3 is 0 Å². The molecule has 1 aliphatic rings. The first-order valence-corrected chi connectivity index (χ1v) is 6.02. The lowest BCUT2D eigenvalue weighted by atomic mass is 10.2. The molecule has 16 heavy (non-hydrogen) atoms. The Hall–Kier alpha value is -0.650. The Morgan fingerprint density at radius 3 is 2.88 bits per heavy atom. The summed E-state index contributed by atoms with van der Waals surface area (Å²) in [6, 6.07) is 3.54. The van der Waals surface area contributed by atoms with Gasteiger partial charge in [0.1, 0.15) is 0 Å². The number of hydrogen-bond donors (Lipinski definition) is 2. The van der Waals surface area contributed by atoms with Gasteiger partial charge in [-0.25, -0.2) is 4.39 Å². The number of halogens is 2. The molecule has 3 N–H and O–H groups in total. The Morgan fingerprint density at radius 1 is 1.56 bits per heavy atom. The average Bonchev–Trinajstić information content (AvgIpc) is 2.69. The van der Waals surface area contributed by atoms with E-state index >= 15 is 0 Å². The van der Waals surface area contributed by atoms with E-state index in [1.165, 1.54) is 0 Å². The van der Waals surface area contributed by atoms with Crippen molar-refractivity contribution < 1.29 is 9.50 Å². The van der Waals surface area contributed by atoms with Crippen molar-refractivity contribution in [3.8, 4) is 0 Å². The molecule has 1 heterocycles. The maximum atomic E-state index is 14.0. The van der Waals surface area contributed by atoms with Crippen molar-refractivity contribution in [2.75, 3.05) is 18.0 Å². The van der Waals surface area contributed by atoms with Crippen molar-refractivity contribution in [1.29, 1.82) is 0 Å². The summed E-state index contributed by atoms with van der Waals surface area (Å²) in [5.41, 5.74) is 6.77. The third-order valence-electron chi connectivity index (χ3n) is 2.87. The van der Waals surface area contributed by atoms with Crippen LogP contribution in [0.15, 0.2) is 16.6 Å². The lowest BCUT2D eigenvalue weighted by Gasteiger charge is -2.20. The van der Waals surface area contributed by atoms with Crippen LogP contribution in [0.5, 0.6) is 0 Å². The number of rotatable bonds is 2. The zero-order valence-corrected chi connectivity index (χ0v) is 10.4. The van der Waals surface area contributed by atoms with Crippen LogP contribution in [0, 0.1) is 5.82 Å². The van der Waals surface area contributed by atoms with E-state index in [1.807, 2.05) is 11.0 Å². The van der Waals surface area contributed by atoms with Crippen molar-refractivity contribution in [2.45, 2.75) is 19.1 Å². The number of nitrogens with two attached hydrogens (primary N) is 1. The Kier molecular flexibility index (Phi) is 3.47. The predicted molar refractivity (Wildman–Crippen MR) is 64.8 cm³/mol. The number of hydrogen-bond acceptors (Lipinski definition) is 3. The lowest BCUT2D eigenvalue weighted by Crippen LogP contribution is -2.22. The normalized spacial score (nSPS) is 20.5. The van der Waals surface area contributed by atoms with E-state index in [9.17, 15) is 9.50 Å². The molecule has 88 valence electrons. The molecule has 0 aliphatic carbocycles. The second-order valence-electron chi connectivity index (χ2n) is 3.96. The van der Waals surface area contributed by atoms with Crippen LogP contribution in [0.3, 0.4) is 0 Å². The molecule has 1 unspecified atom stereocenters. The molecule has 0 spiro atoms. The topological polar surface area (TPSA) is 49.5 Å². The molecule has 5 heteroatoms. The molecule has 0 aromatic heterocycles. The zero-order valence-electron chi connectivity index (χ0n) is 8.79. The summed E-state index contributed by atoms with van der Waals surface area (Å²) in [5.74, 6) is -0.294. The standard InChI is InChI=1S/C11H14BrFN2O/c12-10-7(5-14)1-2-9(11(10)13)15-4-3-8(16)6-15/h1-2,8,16H,3-6,14H2. The van der Waals surface area contributed by atoms with E-state index in [0.717, 1.165) is 5.56 Å². The molecule has 1 fully saturated rings. The van der Waals surface area contributed by atoms with E-state index < -0.39 is 0 Å². The van der Waals surface area contributed by atoms with Crippen LogP contribution < -0.4 is 10.6 Å². The quantitative estimate of drug-likeness (QED) is 0.870. The highest BCUT2D eigenvalue weighted by atomic mass is 79.9. The van der Waals surface area contributed by atoms with E-state index in [1.54, 1.807) is 6.07 Å². The third-order valence-corrected chi connectivity index (χ3v) is 3.72. The van der Waals surface area contributed by atoms with Crippen LogP contribution in [0.1, 0.15) is 12.0 Å². The molecule has 1 aromatic rings. The van der Waals surface area contributed by atoms with Gasteiger partial charge in [0.05, 0.1) is 16.3 Å². The van der Waals surface area contributed by atoms with Gasteiger partial charge in [-0.1, -0.05) is 6.07 Å². The zero-order chi connectivity index (χ0) is 11.7. The Bertz CT molecular complexity index is 400. The van der Waals surface area contributed by atoms with Crippen molar-refractivity contribution in [1.82, 2.24) is 0 Å². The third kappa shape index (κ3) is 2.07. The van der Waals surface area contributed by atoms with Crippen LogP contribution in [-0.4, -0.2) is 24.3 Å². The summed E-state index contributed by atoms with van der Waals surface area (Å²) in [7, 11) is 0. The highest BCUT2D eigenvalue weighted by Crippen LogP contribution is 2.31. The van der Waals surface area contributed by atoms with E-state index in [0.29, 0.717) is 36.2 Å². The molecule has 1 atom stereocenters. The van der Waals surface area contributed by atoms with Crippen molar-refractivity contribution in [2.24, 2.45) is 5.73 Å². The van der Waals surface area contributed by atoms with Gasteiger partial charge in [0.2, 0.25) is 0 Å². The first-order chi connectivity index (χ1) is 7.63. The Labute approximate surface area is 102 Å². The smallest absolute Gasteiger partial charge is 0.160 e. The van der Waals surface area contributed by atoms with Crippen molar-refractivity contribution in [3.63, 3.8) is 0 Å². The molecule has 0 saturated carbocycles. The van der Waals surface area contributed by atoms with Crippen LogP contribution in [0.25, 0.3) is 0 Å². The summed E-state index contributed by atoms with van der Waals surface area (Å²) in [5, 5.41) is 9.43. The highest BCUT2D eigenvalue weighted by Gasteiger charge is 2.24. The second kappa shape index (κ2) is 4.69. The number of β-amino-alcohol motifs (C(OH)–C–C–N with tert-alkyl or cyclic N) is 1. The van der Waals surface area contributed by atoms with Gasteiger partial charge in [0.15, 0.2) is 5.82 Å². The molecule has 1 aliphatic heterocycles. The number of aliphatic hydroxyl groups excluding tert-OH is 1. The van der Waals surface area contributed by atoms with Gasteiger partial charge in [0, 0.05) is 19.6 Å². The predicted octanol–water partition coefficient (Wildman–Crippen LogP) is 1.62. The summed E-state index contributed by atoms with van der Waals surface area (Å²) in [6.45, 7) is 1.48. The van der Waals surface area contributed by atoms with Gasteiger partial charge in [-0.05, 0) is 34.0 Å². The van der Waals surface area contributed by atoms with Gasteiger partial charge in [-0.2, -0.15) is 0 Å². The van der Waals surface area contributed by atoms with Gasteiger partial charge in [-0.3, -0.25) is 0 Å². The number of aliphatic hydroxyl groups is 1. The number of anilines is 1. The molecule has 1 saturated heterocycles. The minimum absolute atomic E-state index is 0.294. The molecule has 2 rings (SSSR count). The first-order valence-electron chi connectivity index (χ1n) is 5.23. The van der Waals surface area contributed by atoms with Crippen LogP contribution in [-0.2, 0) is 6.54 Å². The lowest BCUT2D eigenvalue weighted by molar-refractivity contribution is 0.198. The fourth-order valence-corrected chi connectivity index (χ4v) is 2.44. The maximum absolute atomic E-state index is 14.0. The molecule has 1 aromatic carbocycles. The Balaban J connectivity index is 2.32. The summed E-state index contributed by atoms with van der Waals surface area (Å²) < 4.78 is 14.4. The molecule has 0 bridgehead atoms. The van der Waals surface area contributed by atoms with Gasteiger partial charge in [-0.15, -0.1) is 0 Å². The number of benzene rings is 1. The van der Waals surface area contributed by atoms with Crippen LogP contribution >= 0.6 is 15.9 Å². The fourth-order valence-electron chi connectivity index (χ4n) is 1.94. The van der Waals surface area contributed by atoms with Crippen LogP contribution in [0.2, 0.25) is 0 Å². The molecular formula is C11H14BrFN2O.